The fraction of sp³-hybridized carbons (Fsp3) is 0.182. The summed E-state index contributed by atoms with van der Waals surface area (Å²) in [5.41, 5.74) is 0.789. The van der Waals surface area contributed by atoms with Gasteiger partial charge in [-0.3, -0.25) is 0 Å². The van der Waals surface area contributed by atoms with E-state index in [0.717, 1.165) is 17.5 Å². The molecule has 5 nitrogen and oxygen atoms in total. The molecule has 0 aliphatic heterocycles. The molecule has 0 radical (unpaired) electrons. The Kier molecular flexibility index (Phi) is 3.58. The van der Waals surface area contributed by atoms with Crippen molar-refractivity contribution >= 4 is 29.3 Å². The number of carbonyl (C=O) groups is 1. The number of aryl methyl sites for hydroxylation is 2. The highest BCUT2D eigenvalue weighted by atomic mass is 35.5. The largest absolute Gasteiger partial charge is 0.478 e. The number of nitrogens with zero attached hydrogens (tertiary/aromatic N) is 2. The number of halogens is 1. The minimum Gasteiger partial charge on any atom is -0.478 e. The molecule has 1 N–H and O–H groups in total. The molecule has 2 rings (SSSR count). The van der Waals surface area contributed by atoms with E-state index in [-0.39, 0.29) is 10.6 Å². The topological polar surface area (TPSA) is 76.2 Å². The molecular formula is C11H9ClN2O3S. The third-order valence-electron chi connectivity index (χ3n) is 2.28. The van der Waals surface area contributed by atoms with Gasteiger partial charge in [-0.25, -0.2) is 14.8 Å². The number of hydrogen-bond donors (Lipinski definition) is 1. The molecule has 18 heavy (non-hydrogen) atoms. The zero-order chi connectivity index (χ0) is 13.3. The summed E-state index contributed by atoms with van der Waals surface area (Å²) in [6, 6.07) is 1.35. The van der Waals surface area contributed by atoms with E-state index < -0.39 is 5.97 Å². The zero-order valence-electron chi connectivity index (χ0n) is 9.60. The van der Waals surface area contributed by atoms with Crippen molar-refractivity contribution < 1.29 is 14.3 Å². The second kappa shape index (κ2) is 4.99. The lowest BCUT2D eigenvalue weighted by atomic mass is 10.3. The molecule has 0 saturated carbocycles. The maximum atomic E-state index is 10.9. The second-order valence-corrected chi connectivity index (χ2v) is 4.82. The molecule has 2 aromatic heterocycles. The van der Waals surface area contributed by atoms with Gasteiger partial charge in [0.25, 0.3) is 5.22 Å². The number of aromatic nitrogens is 2. The van der Waals surface area contributed by atoms with Crippen molar-refractivity contribution in [3.63, 3.8) is 0 Å². The number of oxazole rings is 1. The minimum absolute atomic E-state index is 0.00849. The average molecular weight is 285 g/mol. The van der Waals surface area contributed by atoms with Crippen molar-refractivity contribution in [2.75, 3.05) is 0 Å². The van der Waals surface area contributed by atoms with Crippen LogP contribution in [0, 0.1) is 13.8 Å². The molecule has 0 unspecified atom stereocenters. The number of rotatable bonds is 3. The number of carboxylic acid groups (broad SMARTS) is 1. The first-order chi connectivity index (χ1) is 8.49. The van der Waals surface area contributed by atoms with Gasteiger partial charge in [-0.2, -0.15) is 0 Å². The highest BCUT2D eigenvalue weighted by molar-refractivity contribution is 7.99. The lowest BCUT2D eigenvalue weighted by molar-refractivity contribution is 0.0696. The van der Waals surface area contributed by atoms with E-state index in [9.17, 15) is 4.79 Å². The van der Waals surface area contributed by atoms with E-state index in [1.807, 2.05) is 6.92 Å². The van der Waals surface area contributed by atoms with Crippen LogP contribution in [-0.4, -0.2) is 21.0 Å². The third kappa shape index (κ3) is 2.49. The smallest absolute Gasteiger partial charge is 0.337 e. The fourth-order valence-electron chi connectivity index (χ4n) is 1.23. The number of hydrogen-bond acceptors (Lipinski definition) is 5. The maximum Gasteiger partial charge on any atom is 0.337 e. The molecule has 0 fully saturated rings. The highest BCUT2D eigenvalue weighted by Crippen LogP contribution is 2.33. The number of carboxylic acids is 1. The summed E-state index contributed by atoms with van der Waals surface area (Å²) in [5.74, 6) is -0.382. The molecule has 0 aliphatic rings. The molecule has 0 bridgehead atoms. The number of pyridine rings is 1. The molecule has 2 aromatic rings. The Balaban J connectivity index is 2.35. The van der Waals surface area contributed by atoms with Gasteiger partial charge in [0, 0.05) is 6.20 Å². The number of aromatic carboxylic acids is 1. The van der Waals surface area contributed by atoms with Crippen LogP contribution in [0.4, 0.5) is 0 Å². The lowest BCUT2D eigenvalue weighted by Gasteiger charge is -2.02. The van der Waals surface area contributed by atoms with Crippen LogP contribution in [-0.2, 0) is 0 Å². The Bertz CT molecular complexity index is 593. The second-order valence-electron chi connectivity index (χ2n) is 3.51. The van der Waals surface area contributed by atoms with Crippen molar-refractivity contribution in [3.8, 4) is 0 Å². The predicted molar refractivity (Wildman–Crippen MR) is 66.3 cm³/mol. The van der Waals surface area contributed by atoms with Crippen LogP contribution in [0.1, 0.15) is 21.8 Å². The summed E-state index contributed by atoms with van der Waals surface area (Å²) < 4.78 is 5.38. The molecule has 0 aliphatic carbocycles. The average Bonchev–Trinajstić information content (AvgIpc) is 2.60. The molecule has 0 aromatic carbocycles. The van der Waals surface area contributed by atoms with Crippen LogP contribution in [0.2, 0.25) is 5.02 Å². The van der Waals surface area contributed by atoms with E-state index in [2.05, 4.69) is 9.97 Å². The first-order valence-electron chi connectivity index (χ1n) is 4.98. The van der Waals surface area contributed by atoms with Crippen LogP contribution in [0.15, 0.2) is 26.9 Å². The van der Waals surface area contributed by atoms with Gasteiger partial charge in [-0.05, 0) is 31.7 Å². The Hall–Kier alpha value is -1.53. The zero-order valence-corrected chi connectivity index (χ0v) is 11.2. The molecule has 7 heteroatoms. The molecule has 0 spiro atoms. The molecule has 0 amide bonds. The van der Waals surface area contributed by atoms with Crippen molar-refractivity contribution in [3.05, 3.63) is 34.3 Å². The molecule has 0 saturated heterocycles. The van der Waals surface area contributed by atoms with Gasteiger partial charge in [0.15, 0.2) is 0 Å². The van der Waals surface area contributed by atoms with Gasteiger partial charge >= 0.3 is 5.97 Å². The summed E-state index contributed by atoms with van der Waals surface area (Å²) in [4.78, 5) is 19.1. The summed E-state index contributed by atoms with van der Waals surface area (Å²) in [7, 11) is 0. The first-order valence-corrected chi connectivity index (χ1v) is 6.18. The van der Waals surface area contributed by atoms with E-state index in [0.29, 0.717) is 16.0 Å². The first kappa shape index (κ1) is 12.9. The molecule has 0 atom stereocenters. The predicted octanol–water partition coefficient (Wildman–Crippen LogP) is 3.19. The van der Waals surface area contributed by atoms with Crippen LogP contribution >= 0.6 is 23.4 Å². The summed E-state index contributed by atoms with van der Waals surface area (Å²) >= 11 is 7.06. The van der Waals surface area contributed by atoms with Crippen molar-refractivity contribution in [2.24, 2.45) is 0 Å². The van der Waals surface area contributed by atoms with E-state index in [1.54, 1.807) is 6.92 Å². The van der Waals surface area contributed by atoms with Crippen LogP contribution in [0.5, 0.6) is 0 Å². The van der Waals surface area contributed by atoms with Crippen molar-refractivity contribution in [1.82, 2.24) is 9.97 Å². The normalized spacial score (nSPS) is 10.6. The Morgan fingerprint density at radius 2 is 2.22 bits per heavy atom. The third-order valence-corrected chi connectivity index (χ3v) is 3.63. The van der Waals surface area contributed by atoms with Gasteiger partial charge in [0.05, 0.1) is 16.3 Å². The summed E-state index contributed by atoms with van der Waals surface area (Å²) in [5, 5.41) is 9.78. The lowest BCUT2D eigenvalue weighted by Crippen LogP contribution is -1.99. The Morgan fingerprint density at radius 1 is 1.50 bits per heavy atom. The van der Waals surface area contributed by atoms with E-state index in [4.69, 9.17) is 21.1 Å². The van der Waals surface area contributed by atoms with Crippen LogP contribution < -0.4 is 0 Å². The van der Waals surface area contributed by atoms with Gasteiger partial charge in [-0.15, -0.1) is 0 Å². The monoisotopic (exact) mass is 284 g/mol. The van der Waals surface area contributed by atoms with Crippen LogP contribution in [0.3, 0.4) is 0 Å². The Labute approximate surface area is 112 Å². The van der Waals surface area contributed by atoms with Crippen molar-refractivity contribution in [2.45, 2.75) is 24.1 Å². The molecule has 2 heterocycles. The van der Waals surface area contributed by atoms with E-state index in [1.165, 1.54) is 12.3 Å². The van der Waals surface area contributed by atoms with Crippen LogP contribution in [0.25, 0.3) is 0 Å². The fourth-order valence-corrected chi connectivity index (χ4v) is 2.37. The Morgan fingerprint density at radius 3 is 2.78 bits per heavy atom. The standard InChI is InChI=1S/C11H9ClN2O3S/c1-5-6(2)17-11(14-5)18-9-8(12)7(10(15)16)3-4-13-9/h3-4H,1-2H3,(H,15,16). The highest BCUT2D eigenvalue weighted by Gasteiger charge is 2.16. The van der Waals surface area contributed by atoms with Gasteiger partial charge in [0.2, 0.25) is 0 Å². The van der Waals surface area contributed by atoms with Crippen molar-refractivity contribution in [1.29, 1.82) is 0 Å². The quantitative estimate of drug-likeness (QED) is 0.933. The van der Waals surface area contributed by atoms with Gasteiger partial charge in [0.1, 0.15) is 10.8 Å². The SMILES string of the molecule is Cc1nc(Sc2nccc(C(=O)O)c2Cl)oc1C. The van der Waals surface area contributed by atoms with E-state index >= 15 is 0 Å². The summed E-state index contributed by atoms with van der Waals surface area (Å²) in [6.07, 6.45) is 1.39. The van der Waals surface area contributed by atoms with Gasteiger partial charge in [-0.1, -0.05) is 11.6 Å². The molecular weight excluding hydrogens is 276 g/mol. The molecule has 94 valence electrons. The maximum absolute atomic E-state index is 10.9. The minimum atomic E-state index is -1.09. The summed E-state index contributed by atoms with van der Waals surface area (Å²) in [6.45, 7) is 3.63. The van der Waals surface area contributed by atoms with Gasteiger partial charge < -0.3 is 9.52 Å².